The van der Waals surface area contributed by atoms with Gasteiger partial charge in [-0.05, 0) is 36.6 Å². The lowest BCUT2D eigenvalue weighted by molar-refractivity contribution is -0.387. The van der Waals surface area contributed by atoms with E-state index >= 15 is 0 Å². The van der Waals surface area contributed by atoms with Crippen LogP contribution in [-0.2, 0) is 0 Å². The third kappa shape index (κ3) is 2.43. The van der Waals surface area contributed by atoms with Gasteiger partial charge in [0.05, 0.1) is 26.9 Å². The second kappa shape index (κ2) is 5.10. The highest BCUT2D eigenvalue weighted by molar-refractivity contribution is 7.13. The lowest BCUT2D eigenvalue weighted by Gasteiger charge is -2.06. The molecule has 21 heavy (non-hydrogen) atoms. The predicted molar refractivity (Wildman–Crippen MR) is 78.2 cm³/mol. The van der Waals surface area contributed by atoms with Crippen LogP contribution in [0.5, 0.6) is 0 Å². The van der Waals surface area contributed by atoms with Crippen LogP contribution in [0.4, 0.5) is 10.1 Å². The molecule has 0 aliphatic heterocycles. The summed E-state index contributed by atoms with van der Waals surface area (Å²) in [5.41, 5.74) is 1.51. The monoisotopic (exact) mass is 303 g/mol. The van der Waals surface area contributed by atoms with E-state index in [1.165, 1.54) is 12.1 Å². The van der Waals surface area contributed by atoms with E-state index in [4.69, 9.17) is 0 Å². The smallest absolute Gasteiger partial charge is 0.258 e. The first-order chi connectivity index (χ1) is 10.1. The molecule has 7 heteroatoms. The summed E-state index contributed by atoms with van der Waals surface area (Å²) < 4.78 is 15.0. The Morgan fingerprint density at radius 1 is 1.33 bits per heavy atom. The number of benzene rings is 1. The third-order valence-electron chi connectivity index (χ3n) is 2.98. The maximum Gasteiger partial charge on any atom is 0.306 e. The Kier molecular flexibility index (Phi) is 3.26. The van der Waals surface area contributed by atoms with Gasteiger partial charge >= 0.3 is 5.69 Å². The van der Waals surface area contributed by atoms with Crippen molar-refractivity contribution in [1.29, 1.82) is 0 Å². The van der Waals surface area contributed by atoms with E-state index in [-0.39, 0.29) is 0 Å². The second-order valence-electron chi connectivity index (χ2n) is 4.45. The number of halogens is 1. The first-order valence-corrected chi connectivity index (χ1v) is 6.99. The van der Waals surface area contributed by atoms with E-state index in [2.05, 4.69) is 5.10 Å². The van der Waals surface area contributed by atoms with Crippen LogP contribution in [0.25, 0.3) is 16.3 Å². The fourth-order valence-corrected chi connectivity index (χ4v) is 2.80. The molecule has 0 bridgehead atoms. The maximum atomic E-state index is 13.4. The minimum Gasteiger partial charge on any atom is -0.258 e. The van der Waals surface area contributed by atoms with Crippen molar-refractivity contribution >= 4 is 17.0 Å². The molecule has 0 saturated heterocycles. The fraction of sp³-hybridized carbons (Fsp3) is 0.0714. The molecular weight excluding hydrogens is 293 g/mol. The van der Waals surface area contributed by atoms with Crippen molar-refractivity contribution in [1.82, 2.24) is 9.78 Å². The van der Waals surface area contributed by atoms with E-state index in [0.29, 0.717) is 5.69 Å². The molecule has 1 aromatic carbocycles. The van der Waals surface area contributed by atoms with Crippen molar-refractivity contribution in [3.05, 3.63) is 63.4 Å². The maximum absolute atomic E-state index is 13.4. The predicted octanol–water partition coefficient (Wildman–Crippen LogP) is 3.96. The molecule has 2 heterocycles. The van der Waals surface area contributed by atoms with Crippen molar-refractivity contribution in [3.8, 4) is 16.3 Å². The number of hydrogen-bond donors (Lipinski definition) is 0. The Morgan fingerprint density at radius 2 is 2.14 bits per heavy atom. The summed E-state index contributed by atoms with van der Waals surface area (Å²) in [4.78, 5) is 11.1. The average molecular weight is 303 g/mol. The summed E-state index contributed by atoms with van der Waals surface area (Å²) in [6, 6.07) is 9.50. The molecule has 3 aromatic rings. The van der Waals surface area contributed by atoms with Crippen LogP contribution >= 0.6 is 11.3 Å². The standard InChI is InChI=1S/C14H10FN3O2S/c1-9-7-13(14-3-2-6-21-14)17(16-9)10-4-5-11(15)12(8-10)18(19)20/h2-8H,1H3. The molecule has 106 valence electrons. The van der Waals surface area contributed by atoms with Crippen molar-refractivity contribution in [2.45, 2.75) is 6.92 Å². The summed E-state index contributed by atoms with van der Waals surface area (Å²) in [6.07, 6.45) is 0. The van der Waals surface area contributed by atoms with Crippen molar-refractivity contribution in [2.24, 2.45) is 0 Å². The topological polar surface area (TPSA) is 61.0 Å². The molecule has 0 amide bonds. The lowest BCUT2D eigenvalue weighted by atomic mass is 10.2. The molecule has 0 saturated carbocycles. The molecule has 0 radical (unpaired) electrons. The van der Waals surface area contributed by atoms with Gasteiger partial charge in [0.15, 0.2) is 0 Å². The van der Waals surface area contributed by atoms with Gasteiger partial charge in [-0.15, -0.1) is 11.3 Å². The normalized spacial score (nSPS) is 10.8. The Labute approximate surface area is 123 Å². The highest BCUT2D eigenvalue weighted by atomic mass is 32.1. The van der Waals surface area contributed by atoms with Gasteiger partial charge in [0.1, 0.15) is 0 Å². The molecule has 0 unspecified atom stereocenters. The second-order valence-corrected chi connectivity index (χ2v) is 5.40. The number of rotatable bonds is 3. The third-order valence-corrected chi connectivity index (χ3v) is 3.87. The highest BCUT2D eigenvalue weighted by Crippen LogP contribution is 2.29. The number of hydrogen-bond acceptors (Lipinski definition) is 4. The van der Waals surface area contributed by atoms with Crippen molar-refractivity contribution in [3.63, 3.8) is 0 Å². The number of thiophene rings is 1. The summed E-state index contributed by atoms with van der Waals surface area (Å²) >= 11 is 1.54. The molecular formula is C14H10FN3O2S. The zero-order valence-corrected chi connectivity index (χ0v) is 11.8. The zero-order chi connectivity index (χ0) is 15.0. The summed E-state index contributed by atoms with van der Waals surface area (Å²) in [7, 11) is 0. The molecule has 5 nitrogen and oxygen atoms in total. The van der Waals surface area contributed by atoms with Crippen molar-refractivity contribution < 1.29 is 9.31 Å². The van der Waals surface area contributed by atoms with Gasteiger partial charge in [0.2, 0.25) is 5.82 Å². The number of aryl methyl sites for hydroxylation is 1. The van der Waals surface area contributed by atoms with E-state index in [1.807, 2.05) is 30.5 Å². The minimum atomic E-state index is -0.856. The SMILES string of the molecule is Cc1cc(-c2cccs2)n(-c2ccc(F)c([N+](=O)[O-])c2)n1. The fourth-order valence-electron chi connectivity index (χ4n) is 2.07. The average Bonchev–Trinajstić information content (AvgIpc) is 3.07. The first-order valence-electron chi connectivity index (χ1n) is 6.11. The van der Waals surface area contributed by atoms with Gasteiger partial charge in [-0.3, -0.25) is 10.1 Å². The molecule has 0 spiro atoms. The summed E-state index contributed by atoms with van der Waals surface area (Å²) in [5.74, 6) is -0.856. The van der Waals surface area contributed by atoms with Crippen LogP contribution in [0.3, 0.4) is 0 Å². The van der Waals surface area contributed by atoms with Crippen LogP contribution in [-0.4, -0.2) is 14.7 Å². The van der Waals surface area contributed by atoms with Gasteiger partial charge in [-0.25, -0.2) is 4.68 Å². The van der Waals surface area contributed by atoms with Crippen LogP contribution in [0.2, 0.25) is 0 Å². The van der Waals surface area contributed by atoms with E-state index in [9.17, 15) is 14.5 Å². The Hall–Kier alpha value is -2.54. The van der Waals surface area contributed by atoms with E-state index in [1.54, 1.807) is 16.0 Å². The molecule has 0 atom stereocenters. The van der Waals surface area contributed by atoms with Crippen LogP contribution in [0, 0.1) is 22.9 Å². The Balaban J connectivity index is 2.18. The van der Waals surface area contributed by atoms with Gasteiger partial charge in [-0.1, -0.05) is 6.07 Å². The van der Waals surface area contributed by atoms with Crippen LogP contribution < -0.4 is 0 Å². The van der Waals surface area contributed by atoms with Crippen molar-refractivity contribution in [2.75, 3.05) is 0 Å². The Bertz CT molecular complexity index is 812. The van der Waals surface area contributed by atoms with E-state index in [0.717, 1.165) is 22.3 Å². The van der Waals surface area contributed by atoms with Crippen LogP contribution in [0.15, 0.2) is 41.8 Å². The molecule has 0 aliphatic rings. The lowest BCUT2D eigenvalue weighted by Crippen LogP contribution is -2.01. The number of nitrogens with zero attached hydrogens (tertiary/aromatic N) is 3. The van der Waals surface area contributed by atoms with Gasteiger partial charge in [0, 0.05) is 6.07 Å². The minimum absolute atomic E-state index is 0.458. The number of nitro benzene ring substituents is 1. The molecule has 0 fully saturated rings. The van der Waals surface area contributed by atoms with Crippen LogP contribution in [0.1, 0.15) is 5.69 Å². The Morgan fingerprint density at radius 3 is 2.81 bits per heavy atom. The first kappa shape index (κ1) is 13.4. The molecule has 0 N–H and O–H groups in total. The number of nitro groups is 1. The van der Waals surface area contributed by atoms with Gasteiger partial charge < -0.3 is 0 Å². The van der Waals surface area contributed by atoms with Gasteiger partial charge in [-0.2, -0.15) is 9.49 Å². The summed E-state index contributed by atoms with van der Waals surface area (Å²) in [5, 5.41) is 17.1. The largest absolute Gasteiger partial charge is 0.306 e. The quantitative estimate of drug-likeness (QED) is 0.543. The summed E-state index contributed by atoms with van der Waals surface area (Å²) in [6.45, 7) is 1.84. The van der Waals surface area contributed by atoms with Gasteiger partial charge in [0.25, 0.3) is 0 Å². The highest BCUT2D eigenvalue weighted by Gasteiger charge is 2.17. The van der Waals surface area contributed by atoms with E-state index < -0.39 is 16.4 Å². The zero-order valence-electron chi connectivity index (χ0n) is 11.0. The molecule has 0 aliphatic carbocycles. The molecule has 3 rings (SSSR count). The number of aromatic nitrogens is 2. The molecule has 2 aromatic heterocycles.